The summed E-state index contributed by atoms with van der Waals surface area (Å²) in [5, 5.41) is 1.13. The van der Waals surface area contributed by atoms with E-state index in [1.807, 2.05) is 54.6 Å². The van der Waals surface area contributed by atoms with E-state index in [4.69, 9.17) is 4.74 Å². The van der Waals surface area contributed by atoms with E-state index < -0.39 is 27.9 Å². The molecule has 39 heavy (non-hydrogen) atoms. The number of nitrogens with zero attached hydrogens (tertiary/aromatic N) is 2. The second-order valence-corrected chi connectivity index (χ2v) is 12.7. The van der Waals surface area contributed by atoms with Crippen LogP contribution in [0.25, 0.3) is 10.8 Å². The maximum Gasteiger partial charge on any atom is 0.325 e. The highest BCUT2D eigenvalue weighted by molar-refractivity contribution is 8.14. The fourth-order valence-electron chi connectivity index (χ4n) is 4.79. The maximum absolute atomic E-state index is 14.0. The highest BCUT2D eigenvalue weighted by Crippen LogP contribution is 2.34. The van der Waals surface area contributed by atoms with Crippen molar-refractivity contribution in [1.82, 2.24) is 9.21 Å². The van der Waals surface area contributed by atoms with Crippen LogP contribution in [0.1, 0.15) is 25.8 Å². The van der Waals surface area contributed by atoms with Gasteiger partial charge in [0, 0.05) is 25.3 Å². The van der Waals surface area contributed by atoms with E-state index in [9.17, 15) is 22.8 Å². The Morgan fingerprint density at radius 3 is 2.38 bits per heavy atom. The fourth-order valence-corrected chi connectivity index (χ4v) is 7.54. The Hall–Kier alpha value is -3.21. The van der Waals surface area contributed by atoms with Crippen molar-refractivity contribution in [2.75, 3.05) is 26.2 Å². The molecule has 10 heteroatoms. The van der Waals surface area contributed by atoms with Gasteiger partial charge in [-0.05, 0) is 48.2 Å². The number of esters is 1. The Bertz CT molecular complexity index is 1440. The van der Waals surface area contributed by atoms with Crippen molar-refractivity contribution in [3.63, 3.8) is 0 Å². The monoisotopic (exact) mass is 568 g/mol. The zero-order valence-corrected chi connectivity index (χ0v) is 23.6. The van der Waals surface area contributed by atoms with Crippen LogP contribution >= 0.6 is 11.8 Å². The molecular formula is C29H32N2O6S2. The van der Waals surface area contributed by atoms with Crippen LogP contribution in [0.15, 0.2) is 77.7 Å². The van der Waals surface area contributed by atoms with E-state index in [-0.39, 0.29) is 47.9 Å². The van der Waals surface area contributed by atoms with Crippen molar-refractivity contribution in [2.45, 2.75) is 42.9 Å². The van der Waals surface area contributed by atoms with Crippen LogP contribution in [0.4, 0.5) is 0 Å². The lowest BCUT2D eigenvalue weighted by atomic mass is 10.1. The SMILES string of the molecule is CCOC(=O)CN(CCc1ccccc1)C(=O)C1CC(SC(C)=O)CN1S(=O)(=O)c1ccc2ccccc2c1. The van der Waals surface area contributed by atoms with E-state index in [2.05, 4.69) is 0 Å². The average molecular weight is 569 g/mol. The van der Waals surface area contributed by atoms with E-state index in [0.29, 0.717) is 6.42 Å². The molecule has 8 nitrogen and oxygen atoms in total. The molecule has 0 aliphatic carbocycles. The lowest BCUT2D eigenvalue weighted by Gasteiger charge is -2.29. The smallest absolute Gasteiger partial charge is 0.325 e. The molecule has 1 amide bonds. The third kappa shape index (κ3) is 7.06. The number of carbonyl (C=O) groups is 3. The molecule has 1 aliphatic heterocycles. The summed E-state index contributed by atoms with van der Waals surface area (Å²) in [6.07, 6.45) is 0.655. The number of rotatable bonds is 10. The number of hydrogen-bond acceptors (Lipinski definition) is 7. The third-order valence-corrected chi connectivity index (χ3v) is 9.49. The first-order valence-corrected chi connectivity index (χ1v) is 15.2. The van der Waals surface area contributed by atoms with E-state index in [1.54, 1.807) is 19.1 Å². The minimum atomic E-state index is -4.09. The molecule has 1 saturated heterocycles. The van der Waals surface area contributed by atoms with E-state index in [0.717, 1.165) is 28.1 Å². The van der Waals surface area contributed by atoms with Gasteiger partial charge in [0.25, 0.3) is 0 Å². The number of sulfonamides is 1. The van der Waals surface area contributed by atoms with Gasteiger partial charge < -0.3 is 9.64 Å². The van der Waals surface area contributed by atoms with E-state index in [1.165, 1.54) is 22.2 Å². The number of benzene rings is 3. The molecule has 206 valence electrons. The first-order valence-electron chi connectivity index (χ1n) is 12.8. The second-order valence-electron chi connectivity index (χ2n) is 9.37. The lowest BCUT2D eigenvalue weighted by Crippen LogP contribution is -2.49. The molecule has 0 spiro atoms. The maximum atomic E-state index is 14.0. The molecule has 0 aromatic heterocycles. The molecule has 4 rings (SSSR count). The molecule has 1 heterocycles. The number of carbonyl (C=O) groups excluding carboxylic acids is 3. The van der Waals surface area contributed by atoms with Gasteiger partial charge >= 0.3 is 5.97 Å². The predicted molar refractivity (Wildman–Crippen MR) is 152 cm³/mol. The summed E-state index contributed by atoms with van der Waals surface area (Å²) in [5.41, 5.74) is 0.983. The van der Waals surface area contributed by atoms with Crippen LogP contribution in [0, 0.1) is 0 Å². The largest absolute Gasteiger partial charge is 0.465 e. The molecule has 0 bridgehead atoms. The Kier molecular flexibility index (Phi) is 9.42. The predicted octanol–water partition coefficient (Wildman–Crippen LogP) is 3.89. The molecule has 0 N–H and O–H groups in total. The summed E-state index contributed by atoms with van der Waals surface area (Å²) in [6.45, 7) is 3.23. The van der Waals surface area contributed by atoms with Crippen LogP contribution < -0.4 is 0 Å². The van der Waals surface area contributed by atoms with Gasteiger partial charge in [-0.15, -0.1) is 0 Å². The standard InChI is InChI=1S/C29H32N2O6S2/c1-3-37-28(33)20-30(16-15-22-9-5-4-6-10-22)29(34)27-18-25(38-21(2)32)19-31(27)39(35,36)26-14-13-23-11-7-8-12-24(23)17-26/h4-14,17,25,27H,3,15-16,18-20H2,1-2H3. The van der Waals surface area contributed by atoms with Gasteiger partial charge in [0.05, 0.1) is 11.5 Å². The first kappa shape index (κ1) is 28.8. The molecule has 1 fully saturated rings. The Morgan fingerprint density at radius 1 is 1.00 bits per heavy atom. The van der Waals surface area contributed by atoms with Crippen LogP contribution in [-0.2, 0) is 35.6 Å². The summed E-state index contributed by atoms with van der Waals surface area (Å²) in [7, 11) is -4.09. The second kappa shape index (κ2) is 12.8. The first-order chi connectivity index (χ1) is 18.7. The molecule has 2 atom stereocenters. The van der Waals surface area contributed by atoms with E-state index >= 15 is 0 Å². The Labute approximate surface area is 233 Å². The van der Waals surface area contributed by atoms with Gasteiger partial charge in [-0.25, -0.2) is 8.42 Å². The van der Waals surface area contributed by atoms with Crippen molar-refractivity contribution in [2.24, 2.45) is 0 Å². The highest BCUT2D eigenvalue weighted by atomic mass is 32.2. The molecule has 0 saturated carbocycles. The summed E-state index contributed by atoms with van der Waals surface area (Å²) >= 11 is 1.04. The fraction of sp³-hybridized carbons (Fsp3) is 0.345. The molecular weight excluding hydrogens is 536 g/mol. The molecule has 3 aromatic carbocycles. The number of hydrogen-bond donors (Lipinski definition) is 0. The zero-order valence-electron chi connectivity index (χ0n) is 22.0. The minimum Gasteiger partial charge on any atom is -0.465 e. The topological polar surface area (TPSA) is 101 Å². The minimum absolute atomic E-state index is 0.0156. The van der Waals surface area contributed by atoms with Crippen molar-refractivity contribution in [3.8, 4) is 0 Å². The quantitative estimate of drug-likeness (QED) is 0.342. The van der Waals surface area contributed by atoms with Gasteiger partial charge in [0.1, 0.15) is 12.6 Å². The van der Waals surface area contributed by atoms with Gasteiger partial charge in [0.2, 0.25) is 15.9 Å². The number of ether oxygens (including phenoxy) is 1. The molecule has 0 radical (unpaired) electrons. The highest BCUT2D eigenvalue weighted by Gasteiger charge is 2.46. The van der Waals surface area contributed by atoms with Crippen LogP contribution in [0.2, 0.25) is 0 Å². The summed E-state index contributed by atoms with van der Waals surface area (Å²) in [5.74, 6) is -1.04. The van der Waals surface area contributed by atoms with Gasteiger partial charge in [-0.2, -0.15) is 4.31 Å². The third-order valence-electron chi connectivity index (χ3n) is 6.61. The van der Waals surface area contributed by atoms with Crippen LogP contribution in [0.3, 0.4) is 0 Å². The average Bonchev–Trinajstić information content (AvgIpc) is 3.35. The van der Waals surface area contributed by atoms with Gasteiger partial charge in [-0.3, -0.25) is 14.4 Å². The van der Waals surface area contributed by atoms with Crippen LogP contribution in [0.5, 0.6) is 0 Å². The van der Waals surface area contributed by atoms with Gasteiger partial charge in [-0.1, -0.05) is 72.4 Å². The Morgan fingerprint density at radius 2 is 1.69 bits per heavy atom. The normalized spacial score (nSPS) is 17.7. The number of thioether (sulfide) groups is 1. The van der Waals surface area contributed by atoms with Crippen molar-refractivity contribution >= 4 is 49.5 Å². The van der Waals surface area contributed by atoms with Crippen molar-refractivity contribution in [3.05, 3.63) is 78.4 Å². The molecule has 3 aromatic rings. The molecule has 1 aliphatic rings. The van der Waals surface area contributed by atoms with Gasteiger partial charge in [0.15, 0.2) is 5.12 Å². The molecule has 2 unspecified atom stereocenters. The van der Waals surface area contributed by atoms with Crippen molar-refractivity contribution in [1.29, 1.82) is 0 Å². The number of fused-ring (bicyclic) bond motifs is 1. The summed E-state index contributed by atoms with van der Waals surface area (Å²) in [6, 6.07) is 20.8. The summed E-state index contributed by atoms with van der Waals surface area (Å²) < 4.78 is 34.1. The van der Waals surface area contributed by atoms with Crippen molar-refractivity contribution < 1.29 is 27.5 Å². The number of amides is 1. The summed E-state index contributed by atoms with van der Waals surface area (Å²) in [4.78, 5) is 39.7. The Balaban J connectivity index is 1.65. The zero-order chi connectivity index (χ0) is 28.0. The lowest BCUT2D eigenvalue weighted by molar-refractivity contribution is -0.149. The van der Waals surface area contributed by atoms with Crippen LogP contribution in [-0.4, -0.2) is 72.1 Å².